The van der Waals surface area contributed by atoms with Crippen LogP contribution in [0, 0.1) is 3.57 Å². The molecule has 162 valence electrons. The smallest absolute Gasteiger partial charge is 0.267 e. The Morgan fingerprint density at radius 3 is 2.69 bits per heavy atom. The number of halogens is 1. The molecule has 2 aromatic heterocycles. The molecule has 0 unspecified atom stereocenters. The van der Waals surface area contributed by atoms with E-state index in [0.29, 0.717) is 16.7 Å². The predicted octanol–water partition coefficient (Wildman–Crippen LogP) is 4.65. The molecule has 10 heteroatoms. The third-order valence-corrected chi connectivity index (χ3v) is 7.17. The van der Waals surface area contributed by atoms with Crippen LogP contribution >= 0.6 is 33.4 Å². The summed E-state index contributed by atoms with van der Waals surface area (Å²) in [5.74, 6) is -0.425. The van der Waals surface area contributed by atoms with E-state index in [1.54, 1.807) is 42.6 Å². The van der Waals surface area contributed by atoms with Gasteiger partial charge in [-0.1, -0.05) is 35.0 Å². The Kier molecular flexibility index (Phi) is 5.16. The molecule has 0 aliphatic carbocycles. The summed E-state index contributed by atoms with van der Waals surface area (Å²) < 4.78 is 27.7. The van der Waals surface area contributed by atoms with E-state index in [0.717, 1.165) is 9.13 Å². The van der Waals surface area contributed by atoms with Crippen LogP contribution in [0.5, 0.6) is 5.75 Å². The van der Waals surface area contributed by atoms with Crippen molar-refractivity contribution in [2.75, 3.05) is 5.32 Å². The molecule has 0 fully saturated rings. The normalized spacial score (nSPS) is 15.5. The topological polar surface area (TPSA) is 120 Å². The van der Waals surface area contributed by atoms with Gasteiger partial charge in [0.2, 0.25) is 0 Å². The monoisotopic (exact) mass is 560 g/mol. The summed E-state index contributed by atoms with van der Waals surface area (Å²) in [6.45, 7) is 0.219. The number of para-hydroxylation sites is 1. The first-order chi connectivity index (χ1) is 15.3. The maximum absolute atomic E-state index is 13.6. The van der Waals surface area contributed by atoms with E-state index in [1.807, 2.05) is 24.3 Å². The molecule has 0 radical (unpaired) electrons. The molecule has 5 rings (SSSR count). The molecule has 8 nitrogen and oxygen atoms in total. The van der Waals surface area contributed by atoms with Gasteiger partial charge in [-0.05, 0) is 64.6 Å². The Balaban J connectivity index is 1.75. The maximum atomic E-state index is 13.6. The first-order valence-electron chi connectivity index (χ1n) is 9.55. The highest BCUT2D eigenvalue weighted by Crippen LogP contribution is 2.55. The maximum Gasteiger partial charge on any atom is 0.267 e. The molecule has 0 amide bonds. The van der Waals surface area contributed by atoms with E-state index in [4.69, 9.17) is 0 Å². The minimum atomic E-state index is -3.55. The zero-order valence-electron chi connectivity index (χ0n) is 16.4. The molecule has 0 bridgehead atoms. The van der Waals surface area contributed by atoms with Crippen molar-refractivity contribution in [3.05, 3.63) is 91.9 Å². The quantitative estimate of drug-likeness (QED) is 0.271. The molecule has 1 aliphatic heterocycles. The number of rotatable bonds is 3. The lowest BCUT2D eigenvalue weighted by atomic mass is 10.1. The number of aromatic hydroxyl groups is 1. The lowest BCUT2D eigenvalue weighted by Crippen LogP contribution is -2.32. The van der Waals surface area contributed by atoms with Crippen molar-refractivity contribution in [2.24, 2.45) is 4.40 Å². The van der Waals surface area contributed by atoms with Gasteiger partial charge in [0.15, 0.2) is 5.84 Å². The Morgan fingerprint density at radius 1 is 1.06 bits per heavy atom. The molecule has 4 N–H and O–H groups in total. The van der Waals surface area contributed by atoms with Gasteiger partial charge in [0.25, 0.3) is 5.56 Å². The highest BCUT2D eigenvalue weighted by atomic mass is 127. The molecule has 0 spiro atoms. The zero-order valence-corrected chi connectivity index (χ0v) is 19.4. The van der Waals surface area contributed by atoms with Gasteiger partial charge in [0, 0.05) is 9.77 Å². The highest BCUT2D eigenvalue weighted by molar-refractivity contribution is 14.1. The molecule has 0 atom stereocenters. The Bertz CT molecular complexity index is 1470. The summed E-state index contributed by atoms with van der Waals surface area (Å²) in [5, 5.41) is 14.3. The molecule has 0 saturated heterocycles. The minimum Gasteiger partial charge on any atom is -0.506 e. The van der Waals surface area contributed by atoms with Gasteiger partial charge >= 0.3 is 0 Å². The van der Waals surface area contributed by atoms with Gasteiger partial charge in [-0.25, -0.2) is 4.98 Å². The second-order valence-electron chi connectivity index (χ2n) is 7.20. The van der Waals surface area contributed by atoms with E-state index in [-0.39, 0.29) is 28.6 Å². The van der Waals surface area contributed by atoms with Crippen LogP contribution in [0.25, 0.3) is 11.0 Å². The van der Waals surface area contributed by atoms with Crippen LogP contribution in [0.4, 0.5) is 5.69 Å². The Labute approximate surface area is 197 Å². The van der Waals surface area contributed by atoms with E-state index in [9.17, 15) is 19.0 Å². The van der Waals surface area contributed by atoms with Crippen LogP contribution in [0.15, 0.2) is 80.9 Å². The summed E-state index contributed by atoms with van der Waals surface area (Å²) in [6, 6.07) is 17.6. The molecular weight excluding hydrogens is 543 g/mol. The lowest BCUT2D eigenvalue weighted by molar-refractivity contribution is 0.477. The first-order valence-corrected chi connectivity index (χ1v) is 12.1. The number of pyridine rings is 2. The predicted molar refractivity (Wildman–Crippen MR) is 134 cm³/mol. The number of amidine groups is 1. The number of hydrogen-bond donors (Lipinski definition) is 4. The third kappa shape index (κ3) is 3.54. The molecule has 2 aromatic carbocycles. The summed E-state index contributed by atoms with van der Waals surface area (Å²) >= 11 is 2.20. The molecule has 3 heterocycles. The van der Waals surface area contributed by atoms with Crippen LogP contribution < -0.4 is 10.9 Å². The van der Waals surface area contributed by atoms with Crippen molar-refractivity contribution < 1.29 is 14.2 Å². The van der Waals surface area contributed by atoms with Crippen molar-refractivity contribution >= 4 is 55.9 Å². The largest absolute Gasteiger partial charge is 0.506 e. The van der Waals surface area contributed by atoms with Gasteiger partial charge in [-0.2, -0.15) is 0 Å². The number of nitrogens with zero attached hydrogens (tertiary/aromatic N) is 3. The summed E-state index contributed by atoms with van der Waals surface area (Å²) in [5.41, 5.74) is 0.919. The van der Waals surface area contributed by atoms with Crippen molar-refractivity contribution in [3.8, 4) is 5.75 Å². The Morgan fingerprint density at radius 2 is 1.88 bits per heavy atom. The van der Waals surface area contributed by atoms with Crippen LogP contribution in [0.3, 0.4) is 0 Å². The number of fused-ring (bicyclic) bond motifs is 2. The van der Waals surface area contributed by atoms with Crippen molar-refractivity contribution in [2.45, 2.75) is 11.4 Å². The van der Waals surface area contributed by atoms with Crippen LogP contribution in [0.1, 0.15) is 11.1 Å². The minimum absolute atomic E-state index is 0.103. The molecular formula is C22H17IN4O4S. The van der Waals surface area contributed by atoms with Crippen LogP contribution in [0.2, 0.25) is 0 Å². The fourth-order valence-corrected chi connectivity index (χ4v) is 5.46. The molecule has 0 saturated carbocycles. The fraction of sp³-hybridized carbons (Fsp3) is 0.0455. The number of anilines is 1. The zero-order chi connectivity index (χ0) is 22.5. The van der Waals surface area contributed by atoms with E-state index >= 15 is 0 Å². The number of aromatic nitrogens is 2. The van der Waals surface area contributed by atoms with E-state index in [2.05, 4.69) is 37.3 Å². The standard InChI is InChI=1S/C22H17IN4O4S/c23-14-6-3-5-13(11-14)12-27-21-15(7-4-10-24-21)19(28)18(22(27)29)20-25-16-8-1-2-9-17(16)32(30,31)26-20/h1-11,28,30-31H,12H2,(H,25,26). The first kappa shape index (κ1) is 20.9. The number of hydrogen-bond acceptors (Lipinski definition) is 7. The van der Waals surface area contributed by atoms with E-state index in [1.165, 1.54) is 4.57 Å². The second kappa shape index (κ2) is 7.89. The van der Waals surface area contributed by atoms with Gasteiger partial charge in [0.05, 0.1) is 17.6 Å². The molecule has 1 aliphatic rings. The van der Waals surface area contributed by atoms with Gasteiger partial charge in [-0.3, -0.25) is 18.5 Å². The SMILES string of the molecule is O=c1c(C2=NS(O)(O)c3ccccc3N2)c(O)c2cccnc2n1Cc1cccc(I)c1. The number of benzene rings is 2. The summed E-state index contributed by atoms with van der Waals surface area (Å²) in [6.07, 6.45) is 1.55. The summed E-state index contributed by atoms with van der Waals surface area (Å²) in [7, 11) is -3.55. The average Bonchev–Trinajstić information content (AvgIpc) is 2.76. The Hall–Kier alpha value is -2.93. The van der Waals surface area contributed by atoms with Crippen molar-refractivity contribution in [1.82, 2.24) is 9.55 Å². The summed E-state index contributed by atoms with van der Waals surface area (Å²) in [4.78, 5) is 18.1. The van der Waals surface area contributed by atoms with Crippen LogP contribution in [-0.2, 0) is 6.54 Å². The highest BCUT2D eigenvalue weighted by Gasteiger charge is 2.30. The van der Waals surface area contributed by atoms with Gasteiger partial charge in [-0.15, -0.1) is 4.40 Å². The third-order valence-electron chi connectivity index (χ3n) is 5.11. The van der Waals surface area contributed by atoms with Gasteiger partial charge in [0.1, 0.15) is 21.9 Å². The number of nitrogens with one attached hydrogen (secondary N) is 1. The second-order valence-corrected chi connectivity index (χ2v) is 10.1. The average molecular weight is 560 g/mol. The van der Waals surface area contributed by atoms with Crippen molar-refractivity contribution in [1.29, 1.82) is 0 Å². The van der Waals surface area contributed by atoms with Crippen molar-refractivity contribution in [3.63, 3.8) is 0 Å². The molecule has 32 heavy (non-hydrogen) atoms. The van der Waals surface area contributed by atoms with Gasteiger partial charge < -0.3 is 10.4 Å². The lowest BCUT2D eigenvalue weighted by Gasteiger charge is -2.34. The van der Waals surface area contributed by atoms with Crippen LogP contribution in [-0.4, -0.2) is 29.6 Å². The molecule has 4 aromatic rings. The van der Waals surface area contributed by atoms with E-state index < -0.39 is 16.3 Å². The fourth-order valence-electron chi connectivity index (χ4n) is 3.69.